The van der Waals surface area contributed by atoms with E-state index >= 15 is 0 Å². The van der Waals surface area contributed by atoms with E-state index in [1.807, 2.05) is 55.3 Å². The predicted molar refractivity (Wildman–Crippen MR) is 218 cm³/mol. The minimum Gasteiger partial charge on any atom is -0.444 e. The van der Waals surface area contributed by atoms with Gasteiger partial charge in [-0.15, -0.1) is 0 Å². The van der Waals surface area contributed by atoms with Crippen LogP contribution in [0.1, 0.15) is 63.3 Å². The van der Waals surface area contributed by atoms with E-state index in [2.05, 4.69) is 93.6 Å². The van der Waals surface area contributed by atoms with E-state index in [1.165, 1.54) is 11.0 Å². The minimum atomic E-state index is -4.02. The molecule has 2 aromatic heterocycles. The van der Waals surface area contributed by atoms with Crippen molar-refractivity contribution >= 4 is 44.7 Å². The molecule has 6 rings (SSSR count). The summed E-state index contributed by atoms with van der Waals surface area (Å²) in [5, 5.41) is 0. The molecule has 0 bridgehead atoms. The molecule has 0 unspecified atom stereocenters. The number of carbonyl (C=O) groups excluding carboxylic acids is 1. The van der Waals surface area contributed by atoms with Crippen LogP contribution in [0.5, 0.6) is 0 Å². The molecule has 0 saturated heterocycles. The van der Waals surface area contributed by atoms with Gasteiger partial charge in [0.2, 0.25) is 0 Å². The third-order valence-electron chi connectivity index (χ3n) is 10.5. The zero-order valence-electron chi connectivity index (χ0n) is 32.7. The van der Waals surface area contributed by atoms with Gasteiger partial charge in [-0.25, -0.2) is 18.5 Å². The highest BCUT2D eigenvalue weighted by atomic mass is 32.2. The Balaban J connectivity index is 1.36. The molecule has 3 heterocycles. The summed E-state index contributed by atoms with van der Waals surface area (Å²) in [4.78, 5) is 19.7. The van der Waals surface area contributed by atoms with Crippen molar-refractivity contribution in [3.8, 4) is 0 Å². The Labute approximate surface area is 325 Å². The van der Waals surface area contributed by atoms with E-state index in [0.717, 1.165) is 84.1 Å². The summed E-state index contributed by atoms with van der Waals surface area (Å²) in [5.41, 5.74) is 8.25. The third kappa shape index (κ3) is 9.20. The van der Waals surface area contributed by atoms with Gasteiger partial charge in [0.05, 0.1) is 36.4 Å². The third-order valence-corrected chi connectivity index (χ3v) is 11.3. The molecule has 1 amide bonds. The number of amides is 1. The number of imidazole rings is 1. The molecule has 11 nitrogen and oxygen atoms in total. The Hall–Kier alpha value is -5.20. The van der Waals surface area contributed by atoms with Gasteiger partial charge in [-0.3, -0.25) is 9.45 Å². The SMILES string of the molecule is CCCCCn1c(/C=C/C2=C(N(C)C(=O)OCc3cc[n+](C)cc3)C(=C/C=C3\N(C)c4ccccc4N3CCCCS(=O)(=O)O)/CC2)[n+](C)c2ccccc21. The van der Waals surface area contributed by atoms with E-state index in [0.29, 0.717) is 19.4 Å². The van der Waals surface area contributed by atoms with E-state index in [-0.39, 0.29) is 12.4 Å². The summed E-state index contributed by atoms with van der Waals surface area (Å²) in [6, 6.07) is 20.5. The molecule has 1 aliphatic carbocycles. The van der Waals surface area contributed by atoms with Gasteiger partial charge in [0.15, 0.2) is 23.4 Å². The number of ether oxygens (including phenoxy) is 1. The van der Waals surface area contributed by atoms with Crippen LogP contribution in [0, 0.1) is 0 Å². The molecular formula is C43H54N6O5S+2. The summed E-state index contributed by atoms with van der Waals surface area (Å²) in [5.74, 6) is 1.77. The first-order valence-corrected chi connectivity index (χ1v) is 20.8. The molecule has 290 valence electrons. The first kappa shape index (κ1) is 39.5. The number of carbonyl (C=O) groups is 1. The van der Waals surface area contributed by atoms with Crippen molar-refractivity contribution in [2.24, 2.45) is 14.1 Å². The van der Waals surface area contributed by atoms with Gasteiger partial charge in [0.25, 0.3) is 15.9 Å². The number of nitrogens with zero attached hydrogens (tertiary/aromatic N) is 6. The molecule has 0 saturated carbocycles. The number of likely N-dealkylation sites (N-methyl/N-ethyl adjacent to an activating group) is 1. The van der Waals surface area contributed by atoms with Gasteiger partial charge in [-0.1, -0.05) is 43.7 Å². The normalized spacial score (nSPS) is 16.0. The molecule has 2 aromatic carbocycles. The van der Waals surface area contributed by atoms with Crippen LogP contribution in [-0.4, -0.2) is 54.9 Å². The van der Waals surface area contributed by atoms with Crippen molar-refractivity contribution in [3.05, 3.63) is 125 Å². The molecule has 0 spiro atoms. The maximum Gasteiger partial charge on any atom is 0.414 e. The van der Waals surface area contributed by atoms with Gasteiger partial charge in [-0.05, 0) is 86.1 Å². The van der Waals surface area contributed by atoms with E-state index in [9.17, 15) is 17.8 Å². The van der Waals surface area contributed by atoms with Crippen LogP contribution in [0.25, 0.3) is 17.1 Å². The van der Waals surface area contributed by atoms with Crippen molar-refractivity contribution in [2.45, 2.75) is 65.0 Å². The highest BCUT2D eigenvalue weighted by molar-refractivity contribution is 7.85. The second kappa shape index (κ2) is 17.5. The van der Waals surface area contributed by atoms with Crippen LogP contribution in [-0.2, 0) is 42.1 Å². The quantitative estimate of drug-likeness (QED) is 0.0776. The number of aromatic nitrogens is 3. The van der Waals surface area contributed by atoms with Crippen LogP contribution >= 0.6 is 0 Å². The number of fused-ring (bicyclic) bond motifs is 2. The lowest BCUT2D eigenvalue weighted by Gasteiger charge is -2.23. The summed E-state index contributed by atoms with van der Waals surface area (Å²) in [6.07, 6.45) is 17.8. The van der Waals surface area contributed by atoms with Crippen LogP contribution in [0.3, 0.4) is 0 Å². The molecule has 1 aliphatic heterocycles. The topological polar surface area (TPSA) is 103 Å². The van der Waals surface area contributed by atoms with Crippen molar-refractivity contribution < 1.29 is 31.6 Å². The fourth-order valence-electron chi connectivity index (χ4n) is 7.53. The average molecular weight is 767 g/mol. The Morgan fingerprint density at radius 1 is 0.909 bits per heavy atom. The summed E-state index contributed by atoms with van der Waals surface area (Å²) in [6.45, 7) is 3.88. The van der Waals surface area contributed by atoms with Gasteiger partial charge in [0, 0.05) is 44.4 Å². The van der Waals surface area contributed by atoms with E-state index in [4.69, 9.17) is 4.74 Å². The number of allylic oxidation sites excluding steroid dienone is 5. The Morgan fingerprint density at radius 2 is 1.62 bits per heavy atom. The molecule has 0 atom stereocenters. The maximum absolute atomic E-state index is 13.8. The van der Waals surface area contributed by atoms with Gasteiger partial charge in [0.1, 0.15) is 19.5 Å². The lowest BCUT2D eigenvalue weighted by atomic mass is 10.1. The van der Waals surface area contributed by atoms with Crippen LogP contribution in [0.4, 0.5) is 16.2 Å². The lowest BCUT2D eigenvalue weighted by Crippen LogP contribution is -2.31. The van der Waals surface area contributed by atoms with Crippen molar-refractivity contribution in [3.63, 3.8) is 0 Å². The van der Waals surface area contributed by atoms with Gasteiger partial charge in [-0.2, -0.15) is 8.42 Å². The summed E-state index contributed by atoms with van der Waals surface area (Å²) >= 11 is 0. The summed E-state index contributed by atoms with van der Waals surface area (Å²) in [7, 11) is 3.84. The number of aryl methyl sites for hydroxylation is 3. The monoisotopic (exact) mass is 766 g/mol. The highest BCUT2D eigenvalue weighted by Gasteiger charge is 2.30. The molecule has 2 aliphatic rings. The number of hydrogen-bond donors (Lipinski definition) is 1. The number of anilines is 2. The number of hydrogen-bond acceptors (Lipinski definition) is 6. The largest absolute Gasteiger partial charge is 0.444 e. The zero-order chi connectivity index (χ0) is 39.1. The molecule has 0 radical (unpaired) electrons. The van der Waals surface area contributed by atoms with Crippen LogP contribution in [0.15, 0.2) is 114 Å². The maximum atomic E-state index is 13.8. The molecule has 12 heteroatoms. The molecule has 1 N–H and O–H groups in total. The van der Waals surface area contributed by atoms with Crippen molar-refractivity contribution in [2.75, 3.05) is 36.2 Å². The van der Waals surface area contributed by atoms with E-state index < -0.39 is 16.2 Å². The highest BCUT2D eigenvalue weighted by Crippen LogP contribution is 2.41. The molecule has 55 heavy (non-hydrogen) atoms. The van der Waals surface area contributed by atoms with Crippen LogP contribution in [0.2, 0.25) is 0 Å². The number of para-hydroxylation sites is 4. The number of rotatable bonds is 15. The van der Waals surface area contributed by atoms with Crippen molar-refractivity contribution in [1.82, 2.24) is 9.47 Å². The Morgan fingerprint density at radius 3 is 2.36 bits per heavy atom. The Kier molecular flexibility index (Phi) is 12.6. The van der Waals surface area contributed by atoms with Crippen LogP contribution < -0.4 is 18.9 Å². The number of unbranched alkanes of at least 4 members (excludes halogenated alkanes) is 3. The number of pyridine rings is 1. The summed E-state index contributed by atoms with van der Waals surface area (Å²) < 4.78 is 44.5. The number of benzene rings is 2. The second-order valence-electron chi connectivity index (χ2n) is 14.4. The first-order valence-electron chi connectivity index (χ1n) is 19.2. The average Bonchev–Trinajstić information content (AvgIpc) is 3.79. The molecular weight excluding hydrogens is 713 g/mol. The molecule has 4 aromatic rings. The van der Waals surface area contributed by atoms with Gasteiger partial charge < -0.3 is 14.5 Å². The Bertz CT molecular complexity index is 2250. The minimum absolute atomic E-state index is 0.162. The second-order valence-corrected chi connectivity index (χ2v) is 15.9. The fourth-order valence-corrected chi connectivity index (χ4v) is 8.10. The van der Waals surface area contributed by atoms with E-state index in [1.54, 1.807) is 11.9 Å². The lowest BCUT2D eigenvalue weighted by molar-refractivity contribution is -0.671. The first-order chi connectivity index (χ1) is 26.5. The molecule has 0 fully saturated rings. The zero-order valence-corrected chi connectivity index (χ0v) is 33.5. The van der Waals surface area contributed by atoms with Crippen molar-refractivity contribution in [1.29, 1.82) is 0 Å². The standard InChI is InChI=1S/C43H53N6O5S/c1-6-7-12-27-48-38-17-10-8-15-36(38)45(3)40(48)23-21-34-19-20-35(42(34)47(5)43(50)54-32-33-25-29-44(2)30-26-33)22-24-41-46(4)37-16-9-11-18-39(37)49(41)28-13-14-31-55(51,52)53/h8-11,15-18,21-26,29-30H,6-7,12-14,19-20,27-28,31-32H2,1-5H3/q+1/p+1. The fraction of sp³-hybridized carbons (Fsp3) is 0.372. The van der Waals surface area contributed by atoms with Gasteiger partial charge >= 0.3 is 6.09 Å². The predicted octanol–water partition coefficient (Wildman–Crippen LogP) is 7.20. The smallest absolute Gasteiger partial charge is 0.414 e.